The lowest BCUT2D eigenvalue weighted by Gasteiger charge is -2.39. The van der Waals surface area contributed by atoms with Gasteiger partial charge in [0.1, 0.15) is 5.75 Å². The first-order valence-electron chi connectivity index (χ1n) is 19.6. The first-order valence-corrected chi connectivity index (χ1v) is 21.1. The van der Waals surface area contributed by atoms with Gasteiger partial charge >= 0.3 is 0 Å². The summed E-state index contributed by atoms with van der Waals surface area (Å²) < 4.78 is 37.9. The summed E-state index contributed by atoms with van der Waals surface area (Å²) in [4.78, 5) is 32.9. The van der Waals surface area contributed by atoms with Crippen LogP contribution in [-0.2, 0) is 23.1 Å². The fourth-order valence-electron chi connectivity index (χ4n) is 9.60. The molecule has 1 aliphatic carbocycles. The zero-order chi connectivity index (χ0) is 38.1. The van der Waals surface area contributed by atoms with Crippen molar-refractivity contribution in [1.82, 2.24) is 28.9 Å². The Labute approximate surface area is 318 Å². The van der Waals surface area contributed by atoms with Crippen LogP contribution >= 0.6 is 0 Å². The number of hydrogen-bond donors (Lipinski definition) is 1. The Balaban J connectivity index is 1.35. The average molecular weight is 753 g/mol. The highest BCUT2D eigenvalue weighted by molar-refractivity contribution is 7.90. The summed E-state index contributed by atoms with van der Waals surface area (Å²) in [6.45, 7) is 9.86. The van der Waals surface area contributed by atoms with Crippen LogP contribution in [0.15, 0.2) is 36.4 Å². The Kier molecular flexibility index (Phi) is 9.49. The number of hydrogen-bond acceptors (Lipinski definition) is 7. The molecule has 2 aromatic carbocycles. The molecule has 2 amide bonds. The molecule has 0 radical (unpaired) electrons. The molecule has 11 nitrogen and oxygen atoms in total. The van der Waals surface area contributed by atoms with Gasteiger partial charge < -0.3 is 19.1 Å². The highest BCUT2D eigenvalue weighted by atomic mass is 32.2. The number of amides is 2. The van der Waals surface area contributed by atoms with E-state index in [0.29, 0.717) is 24.6 Å². The van der Waals surface area contributed by atoms with Crippen LogP contribution in [0.1, 0.15) is 115 Å². The number of likely N-dealkylation sites (tertiary alicyclic amines) is 1. The number of fused-ring (bicyclic) bond motifs is 7. The van der Waals surface area contributed by atoms with E-state index in [4.69, 9.17) is 9.84 Å². The molecule has 8 rings (SSSR count). The first-order chi connectivity index (χ1) is 25.9. The number of nitrogens with zero attached hydrogens (tertiary/aromatic N) is 5. The molecule has 0 spiro atoms. The Hall–Kier alpha value is -4.42. The second-order valence-electron chi connectivity index (χ2n) is 16.0. The number of methoxy groups -OCH3 is 1. The standard InChI is InChI=1S/C42H52N6O5S/c1-7-47-39(37(26(4)43-47)42(50)48-31-14-15-32(48)24-45(5)23-31)30-19-29-20-33(53-6)16-18-34(29)40-38(27-11-9-8-10-12-27)35-17-13-28(21-36(35)46(40)22-30)41(49)44-54(51,52)25(2)3/h13,16-21,25,27,31-32H,7-12,14-15,22-24H2,1-6H3,(H,44,49). The SMILES string of the molecule is CCn1nc(C)c(C(=O)N2C3CCC2CN(C)C3)c1C1=Cc2cc(OC)ccc2-c2c(C3CCCCC3)c3ccc(C(=O)NS(=O)(=O)C(C)C)cc3n2C1. The van der Waals surface area contributed by atoms with Crippen LogP contribution in [0, 0.1) is 6.92 Å². The molecule has 12 heteroatoms. The molecule has 5 heterocycles. The van der Waals surface area contributed by atoms with E-state index < -0.39 is 21.2 Å². The third-order valence-electron chi connectivity index (χ3n) is 12.3. The van der Waals surface area contributed by atoms with E-state index in [1.807, 2.05) is 29.8 Å². The van der Waals surface area contributed by atoms with Crippen molar-refractivity contribution in [3.05, 3.63) is 70.0 Å². The molecular weight excluding hydrogens is 701 g/mol. The molecule has 54 heavy (non-hydrogen) atoms. The van der Waals surface area contributed by atoms with E-state index in [2.05, 4.69) is 51.3 Å². The van der Waals surface area contributed by atoms with E-state index in [9.17, 15) is 18.0 Å². The monoisotopic (exact) mass is 752 g/mol. The lowest BCUT2D eigenvalue weighted by molar-refractivity contribution is 0.0471. The summed E-state index contributed by atoms with van der Waals surface area (Å²) >= 11 is 0. The van der Waals surface area contributed by atoms with Gasteiger partial charge in [0.25, 0.3) is 11.8 Å². The van der Waals surface area contributed by atoms with Gasteiger partial charge in [0.2, 0.25) is 10.0 Å². The van der Waals surface area contributed by atoms with Crippen molar-refractivity contribution < 1.29 is 22.7 Å². The topological polar surface area (TPSA) is 119 Å². The zero-order valence-electron chi connectivity index (χ0n) is 32.3. The largest absolute Gasteiger partial charge is 0.497 e. The average Bonchev–Trinajstić information content (AvgIpc) is 3.72. The second kappa shape index (κ2) is 14.0. The van der Waals surface area contributed by atoms with Crippen LogP contribution in [0.4, 0.5) is 0 Å². The molecule has 3 fully saturated rings. The maximum atomic E-state index is 14.9. The highest BCUT2D eigenvalue weighted by Crippen LogP contribution is 2.48. The fraction of sp³-hybridized carbons (Fsp3) is 0.500. The number of benzene rings is 2. The number of likely N-dealkylation sites (N-methyl/N-ethyl adjacent to an activating group) is 1. The summed E-state index contributed by atoms with van der Waals surface area (Å²) in [5.41, 5.74) is 8.68. The Morgan fingerprint density at radius 3 is 2.37 bits per heavy atom. The van der Waals surface area contributed by atoms with E-state index in [0.717, 1.165) is 102 Å². The number of nitrogens with one attached hydrogen (secondary N) is 1. The number of sulfonamides is 1. The molecule has 2 bridgehead atoms. The quantitative estimate of drug-likeness (QED) is 0.210. The van der Waals surface area contributed by atoms with E-state index >= 15 is 0 Å². The minimum absolute atomic E-state index is 0.0459. The van der Waals surface area contributed by atoms with Crippen molar-refractivity contribution in [3.63, 3.8) is 0 Å². The summed E-state index contributed by atoms with van der Waals surface area (Å²) in [5.74, 6) is 0.459. The Bertz CT molecular complexity index is 2280. The maximum Gasteiger partial charge on any atom is 0.264 e. The number of carbonyl (C=O) groups is 2. The second-order valence-corrected chi connectivity index (χ2v) is 18.2. The van der Waals surface area contributed by atoms with Gasteiger partial charge in [-0.25, -0.2) is 13.1 Å². The van der Waals surface area contributed by atoms with Crippen molar-refractivity contribution in [2.24, 2.45) is 0 Å². The molecule has 3 aliphatic heterocycles. The number of carbonyl (C=O) groups excluding carboxylic acids is 2. The van der Waals surface area contributed by atoms with Gasteiger partial charge in [-0.05, 0) is 119 Å². The molecule has 1 N–H and O–H groups in total. The number of aromatic nitrogens is 3. The molecule has 286 valence electrons. The Morgan fingerprint density at radius 1 is 0.981 bits per heavy atom. The molecule has 4 aromatic rings. The highest BCUT2D eigenvalue weighted by Gasteiger charge is 2.44. The molecule has 4 aliphatic rings. The first kappa shape index (κ1) is 36.6. The minimum atomic E-state index is -3.84. The van der Waals surface area contributed by atoms with Crippen LogP contribution in [0.25, 0.3) is 33.8 Å². The van der Waals surface area contributed by atoms with Gasteiger partial charge in [0.05, 0.1) is 41.5 Å². The van der Waals surface area contributed by atoms with Gasteiger partial charge in [0, 0.05) is 53.7 Å². The van der Waals surface area contributed by atoms with Gasteiger partial charge in [0.15, 0.2) is 0 Å². The normalized spacial score (nSPS) is 20.5. The molecular formula is C42H52N6O5S. The van der Waals surface area contributed by atoms with Gasteiger partial charge in [-0.3, -0.25) is 14.3 Å². The zero-order valence-corrected chi connectivity index (χ0v) is 33.1. The van der Waals surface area contributed by atoms with E-state index in [1.165, 1.54) is 12.0 Å². The third kappa shape index (κ3) is 6.15. The number of allylic oxidation sites excluding steroid dienone is 1. The van der Waals surface area contributed by atoms with Gasteiger partial charge in [-0.15, -0.1) is 0 Å². The minimum Gasteiger partial charge on any atom is -0.497 e. The summed E-state index contributed by atoms with van der Waals surface area (Å²) in [7, 11) is -0.0197. The van der Waals surface area contributed by atoms with Crippen molar-refractivity contribution in [3.8, 4) is 17.0 Å². The van der Waals surface area contributed by atoms with Crippen LogP contribution in [0.5, 0.6) is 5.75 Å². The van der Waals surface area contributed by atoms with Gasteiger partial charge in [-0.2, -0.15) is 5.10 Å². The smallest absolute Gasteiger partial charge is 0.264 e. The summed E-state index contributed by atoms with van der Waals surface area (Å²) in [5, 5.41) is 5.29. The molecule has 2 unspecified atom stereocenters. The third-order valence-corrected chi connectivity index (χ3v) is 14.0. The molecule has 1 saturated carbocycles. The van der Waals surface area contributed by atoms with Crippen LogP contribution in [-0.4, -0.2) is 89.0 Å². The van der Waals surface area contributed by atoms with E-state index in [1.54, 1.807) is 27.0 Å². The summed E-state index contributed by atoms with van der Waals surface area (Å²) in [6.07, 6.45) is 9.86. The van der Waals surface area contributed by atoms with Crippen molar-refractivity contribution in [2.75, 3.05) is 27.2 Å². The fourth-order valence-corrected chi connectivity index (χ4v) is 10.2. The lowest BCUT2D eigenvalue weighted by atomic mass is 9.81. The van der Waals surface area contributed by atoms with Crippen LogP contribution < -0.4 is 9.46 Å². The number of piperazine rings is 1. The van der Waals surface area contributed by atoms with Crippen molar-refractivity contribution >= 4 is 44.4 Å². The van der Waals surface area contributed by atoms with Crippen LogP contribution in [0.2, 0.25) is 0 Å². The molecule has 2 atom stereocenters. The molecule has 2 aromatic heterocycles. The van der Waals surface area contributed by atoms with Crippen LogP contribution in [0.3, 0.4) is 0 Å². The van der Waals surface area contributed by atoms with Crippen molar-refractivity contribution in [1.29, 1.82) is 0 Å². The maximum absolute atomic E-state index is 14.9. The number of rotatable bonds is 8. The van der Waals surface area contributed by atoms with Crippen molar-refractivity contribution in [2.45, 2.75) is 109 Å². The molecule has 2 saturated heterocycles. The van der Waals surface area contributed by atoms with E-state index in [-0.39, 0.29) is 23.6 Å². The van der Waals surface area contributed by atoms with Gasteiger partial charge in [-0.1, -0.05) is 25.3 Å². The number of aryl methyl sites for hydroxylation is 2. The number of ether oxygens (including phenoxy) is 1. The predicted molar refractivity (Wildman–Crippen MR) is 212 cm³/mol. The lowest BCUT2D eigenvalue weighted by Crippen LogP contribution is -2.54. The summed E-state index contributed by atoms with van der Waals surface area (Å²) in [6, 6.07) is 12.2. The Morgan fingerprint density at radius 2 is 1.70 bits per heavy atom. The predicted octanol–water partition coefficient (Wildman–Crippen LogP) is 6.83.